The van der Waals surface area contributed by atoms with E-state index in [0.29, 0.717) is 24.5 Å². The van der Waals surface area contributed by atoms with Gasteiger partial charge in [-0.05, 0) is 37.5 Å². The molecule has 0 aliphatic carbocycles. The molecule has 0 aromatic heterocycles. The van der Waals surface area contributed by atoms with Crippen LogP contribution in [0.1, 0.15) is 45.4 Å². The standard InChI is InChI=1S/C20H28F2N2O2S/c1-2-3-4-5-10-23-20(26)15-7-6-11-24(13-15)19(25)14-27-16-8-9-17(21)18(22)12-16/h8-9,12,15H,2-7,10-11,13-14H2,1H3,(H,23,26). The number of hydrogen-bond acceptors (Lipinski definition) is 3. The largest absolute Gasteiger partial charge is 0.356 e. The smallest absolute Gasteiger partial charge is 0.232 e. The molecular formula is C20H28F2N2O2S. The molecule has 1 saturated heterocycles. The van der Waals surface area contributed by atoms with E-state index >= 15 is 0 Å². The molecule has 1 fully saturated rings. The Morgan fingerprint density at radius 1 is 1.22 bits per heavy atom. The van der Waals surface area contributed by atoms with Gasteiger partial charge < -0.3 is 10.2 Å². The quantitative estimate of drug-likeness (QED) is 0.505. The first-order valence-electron chi connectivity index (χ1n) is 9.64. The molecule has 2 amide bonds. The maximum absolute atomic E-state index is 13.2. The number of likely N-dealkylation sites (tertiary alicyclic amines) is 1. The van der Waals surface area contributed by atoms with Crippen LogP contribution in [0.4, 0.5) is 8.78 Å². The number of unbranched alkanes of at least 4 members (excludes halogenated alkanes) is 3. The van der Waals surface area contributed by atoms with Crippen molar-refractivity contribution in [3.8, 4) is 0 Å². The number of nitrogens with one attached hydrogen (secondary N) is 1. The lowest BCUT2D eigenvalue weighted by molar-refractivity contribution is -0.133. The van der Waals surface area contributed by atoms with Crippen LogP contribution in [0.5, 0.6) is 0 Å². The minimum absolute atomic E-state index is 0.0252. The van der Waals surface area contributed by atoms with Crippen LogP contribution < -0.4 is 5.32 Å². The highest BCUT2D eigenvalue weighted by Crippen LogP contribution is 2.23. The topological polar surface area (TPSA) is 49.4 Å². The summed E-state index contributed by atoms with van der Waals surface area (Å²) >= 11 is 1.18. The molecule has 150 valence electrons. The van der Waals surface area contributed by atoms with E-state index in [2.05, 4.69) is 12.2 Å². The molecule has 1 aliphatic rings. The average molecular weight is 399 g/mol. The first kappa shape index (κ1) is 21.7. The Morgan fingerprint density at radius 2 is 2.04 bits per heavy atom. The lowest BCUT2D eigenvalue weighted by Gasteiger charge is -2.32. The number of carbonyl (C=O) groups excluding carboxylic acids is 2. The van der Waals surface area contributed by atoms with Gasteiger partial charge in [0.15, 0.2) is 11.6 Å². The van der Waals surface area contributed by atoms with Crippen molar-refractivity contribution in [3.63, 3.8) is 0 Å². The third-order valence-corrected chi connectivity index (χ3v) is 5.71. The van der Waals surface area contributed by atoms with Crippen LogP contribution in [0.3, 0.4) is 0 Å². The number of amides is 2. The third-order valence-electron chi connectivity index (χ3n) is 4.73. The first-order valence-corrected chi connectivity index (χ1v) is 10.6. The highest BCUT2D eigenvalue weighted by Gasteiger charge is 2.28. The second-order valence-corrected chi connectivity index (χ2v) is 7.94. The Morgan fingerprint density at radius 3 is 2.78 bits per heavy atom. The minimum atomic E-state index is -0.916. The fraction of sp³-hybridized carbons (Fsp3) is 0.600. The molecule has 2 rings (SSSR count). The van der Waals surface area contributed by atoms with Gasteiger partial charge in [-0.2, -0.15) is 0 Å². The van der Waals surface area contributed by atoms with Crippen molar-refractivity contribution in [2.75, 3.05) is 25.4 Å². The number of halogens is 2. The summed E-state index contributed by atoms with van der Waals surface area (Å²) in [6, 6.07) is 3.61. The fourth-order valence-electron chi connectivity index (χ4n) is 3.13. The molecule has 0 radical (unpaired) electrons. The Hall–Kier alpha value is -1.63. The molecule has 1 aliphatic heterocycles. The highest BCUT2D eigenvalue weighted by molar-refractivity contribution is 8.00. The molecule has 1 N–H and O–H groups in total. The van der Waals surface area contributed by atoms with E-state index in [0.717, 1.165) is 44.2 Å². The summed E-state index contributed by atoms with van der Waals surface area (Å²) in [5, 5.41) is 2.98. The summed E-state index contributed by atoms with van der Waals surface area (Å²) in [5.74, 6) is -1.88. The summed E-state index contributed by atoms with van der Waals surface area (Å²) < 4.78 is 26.2. The first-order chi connectivity index (χ1) is 13.0. The zero-order chi connectivity index (χ0) is 19.6. The average Bonchev–Trinajstić information content (AvgIpc) is 2.68. The van der Waals surface area contributed by atoms with E-state index in [1.807, 2.05) is 0 Å². The maximum Gasteiger partial charge on any atom is 0.232 e. The van der Waals surface area contributed by atoms with Crippen LogP contribution >= 0.6 is 11.8 Å². The number of benzene rings is 1. The van der Waals surface area contributed by atoms with E-state index in [1.54, 1.807) is 4.90 Å². The van der Waals surface area contributed by atoms with Gasteiger partial charge in [-0.1, -0.05) is 26.2 Å². The molecule has 1 unspecified atom stereocenters. The maximum atomic E-state index is 13.2. The third kappa shape index (κ3) is 7.13. The second kappa shape index (κ2) is 11.3. The fourth-order valence-corrected chi connectivity index (χ4v) is 3.95. The number of nitrogens with zero attached hydrogens (tertiary/aromatic N) is 1. The number of hydrogen-bond donors (Lipinski definition) is 1. The van der Waals surface area contributed by atoms with Gasteiger partial charge in [-0.25, -0.2) is 8.78 Å². The van der Waals surface area contributed by atoms with Crippen molar-refractivity contribution >= 4 is 23.6 Å². The van der Waals surface area contributed by atoms with Gasteiger partial charge in [0.05, 0.1) is 11.7 Å². The van der Waals surface area contributed by atoms with E-state index in [1.165, 1.54) is 24.2 Å². The molecule has 27 heavy (non-hydrogen) atoms. The number of rotatable bonds is 9. The summed E-state index contributed by atoms with van der Waals surface area (Å²) in [6.45, 7) is 3.90. The van der Waals surface area contributed by atoms with Crippen LogP contribution in [-0.2, 0) is 9.59 Å². The van der Waals surface area contributed by atoms with E-state index in [9.17, 15) is 18.4 Å². The van der Waals surface area contributed by atoms with Crippen LogP contribution in [0.2, 0.25) is 0 Å². The predicted molar refractivity (Wildman–Crippen MR) is 104 cm³/mol. The summed E-state index contributed by atoms with van der Waals surface area (Å²) in [5.41, 5.74) is 0. The molecule has 1 aromatic rings. The molecule has 0 spiro atoms. The Balaban J connectivity index is 1.76. The van der Waals surface area contributed by atoms with Gasteiger partial charge in [0.25, 0.3) is 0 Å². The summed E-state index contributed by atoms with van der Waals surface area (Å²) in [4.78, 5) is 27.0. The zero-order valence-electron chi connectivity index (χ0n) is 15.8. The Kier molecular flexibility index (Phi) is 9.04. The van der Waals surface area contributed by atoms with Crippen LogP contribution in [-0.4, -0.2) is 42.1 Å². The van der Waals surface area contributed by atoms with Crippen molar-refractivity contribution in [3.05, 3.63) is 29.8 Å². The molecule has 1 aromatic carbocycles. The van der Waals surface area contributed by atoms with E-state index in [4.69, 9.17) is 0 Å². The van der Waals surface area contributed by atoms with Gasteiger partial charge in [0.2, 0.25) is 11.8 Å². The van der Waals surface area contributed by atoms with Gasteiger partial charge in [-0.15, -0.1) is 11.8 Å². The van der Waals surface area contributed by atoms with Gasteiger partial charge in [0.1, 0.15) is 0 Å². The number of carbonyl (C=O) groups is 2. The Labute approximate surface area is 164 Å². The molecule has 0 saturated carbocycles. The van der Waals surface area contributed by atoms with Gasteiger partial charge in [0, 0.05) is 24.5 Å². The van der Waals surface area contributed by atoms with Crippen molar-refractivity contribution in [1.82, 2.24) is 10.2 Å². The summed E-state index contributed by atoms with van der Waals surface area (Å²) in [7, 11) is 0. The molecule has 7 heteroatoms. The normalized spacial score (nSPS) is 17.0. The predicted octanol–water partition coefficient (Wildman–Crippen LogP) is 3.99. The molecule has 0 bridgehead atoms. The van der Waals surface area contributed by atoms with Crippen molar-refractivity contribution in [1.29, 1.82) is 0 Å². The second-order valence-electron chi connectivity index (χ2n) is 6.90. The lowest BCUT2D eigenvalue weighted by Crippen LogP contribution is -2.46. The van der Waals surface area contributed by atoms with Crippen molar-refractivity contribution in [2.24, 2.45) is 5.92 Å². The monoisotopic (exact) mass is 398 g/mol. The SMILES string of the molecule is CCCCCCNC(=O)C1CCCN(C(=O)CSc2ccc(F)c(F)c2)C1. The molecule has 1 atom stereocenters. The van der Waals surface area contributed by atoms with Crippen LogP contribution in [0.15, 0.2) is 23.1 Å². The van der Waals surface area contributed by atoms with Crippen molar-refractivity contribution < 1.29 is 18.4 Å². The van der Waals surface area contributed by atoms with Crippen LogP contribution in [0.25, 0.3) is 0 Å². The van der Waals surface area contributed by atoms with E-state index in [-0.39, 0.29) is 23.5 Å². The summed E-state index contributed by atoms with van der Waals surface area (Å²) in [6.07, 6.45) is 6.04. The minimum Gasteiger partial charge on any atom is -0.356 e. The highest BCUT2D eigenvalue weighted by atomic mass is 32.2. The molecule has 4 nitrogen and oxygen atoms in total. The van der Waals surface area contributed by atoms with E-state index < -0.39 is 11.6 Å². The van der Waals surface area contributed by atoms with Crippen LogP contribution in [0, 0.1) is 17.6 Å². The molecule has 1 heterocycles. The lowest BCUT2D eigenvalue weighted by atomic mass is 9.97. The van der Waals surface area contributed by atoms with Crippen molar-refractivity contribution in [2.45, 2.75) is 50.3 Å². The number of piperidine rings is 1. The zero-order valence-corrected chi connectivity index (χ0v) is 16.6. The van der Waals surface area contributed by atoms with Gasteiger partial charge >= 0.3 is 0 Å². The number of thioether (sulfide) groups is 1. The molecular weight excluding hydrogens is 370 g/mol. The van der Waals surface area contributed by atoms with Gasteiger partial charge in [-0.3, -0.25) is 9.59 Å². The Bertz CT molecular complexity index is 642.